The topological polar surface area (TPSA) is 62.0 Å². The van der Waals surface area contributed by atoms with Crippen LogP contribution >= 0.6 is 0 Å². The van der Waals surface area contributed by atoms with E-state index >= 15 is 0 Å². The fraction of sp³-hybridized carbons (Fsp3) is 0.182. The van der Waals surface area contributed by atoms with E-state index in [9.17, 15) is 4.79 Å². The summed E-state index contributed by atoms with van der Waals surface area (Å²) in [6, 6.07) is 8.47. The van der Waals surface area contributed by atoms with Gasteiger partial charge >= 0.3 is 0 Å². The van der Waals surface area contributed by atoms with Gasteiger partial charge in [0.15, 0.2) is 6.04 Å². The smallest absolute Gasteiger partial charge is 0.272 e. The van der Waals surface area contributed by atoms with Gasteiger partial charge in [0, 0.05) is 6.21 Å². The Morgan fingerprint density at radius 3 is 2.67 bits per heavy atom. The van der Waals surface area contributed by atoms with Crippen LogP contribution < -0.4 is 0 Å². The van der Waals surface area contributed by atoms with Gasteiger partial charge in [-0.2, -0.15) is 0 Å². The Morgan fingerprint density at radius 2 is 2.13 bits per heavy atom. The van der Waals surface area contributed by atoms with Gasteiger partial charge in [0.05, 0.1) is 6.61 Å². The average molecular weight is 204 g/mol. The Labute approximate surface area is 88.0 Å². The van der Waals surface area contributed by atoms with Crippen LogP contribution in [0.15, 0.2) is 40.3 Å². The molecule has 0 heterocycles. The van der Waals surface area contributed by atoms with Gasteiger partial charge in [-0.25, -0.2) is 4.99 Å². The summed E-state index contributed by atoms with van der Waals surface area (Å²) in [6.07, 6.45) is 1.53. The number of aliphatic hydroxyl groups is 1. The molecule has 0 saturated carbocycles. The summed E-state index contributed by atoms with van der Waals surface area (Å²) in [5.74, 6) is -0.523. The van der Waals surface area contributed by atoms with E-state index in [0.717, 1.165) is 5.56 Å². The minimum Gasteiger partial charge on any atom is -0.394 e. The van der Waals surface area contributed by atoms with E-state index in [4.69, 9.17) is 5.11 Å². The number of nitrogens with zero attached hydrogens (tertiary/aromatic N) is 2. The summed E-state index contributed by atoms with van der Waals surface area (Å²) in [5.41, 5.74) is 0.868. The standard InChI is InChI=1S/C11H12N2O2/c1-12-11(15)10(8-14)13-7-9-5-3-2-4-6-9/h2-7,10,14H,1,8H2. The third-order valence-corrected chi connectivity index (χ3v) is 1.82. The van der Waals surface area contributed by atoms with Crippen LogP contribution in [0.5, 0.6) is 0 Å². The normalized spacial score (nSPS) is 12.6. The van der Waals surface area contributed by atoms with Crippen LogP contribution in [0.2, 0.25) is 0 Å². The fourth-order valence-corrected chi connectivity index (χ4v) is 1.01. The van der Waals surface area contributed by atoms with Crippen LogP contribution in [0.3, 0.4) is 0 Å². The summed E-state index contributed by atoms with van der Waals surface area (Å²) >= 11 is 0. The van der Waals surface area contributed by atoms with Crippen molar-refractivity contribution in [1.82, 2.24) is 0 Å². The Balaban J connectivity index is 2.71. The molecule has 1 unspecified atom stereocenters. The number of amides is 1. The van der Waals surface area contributed by atoms with E-state index in [1.807, 2.05) is 30.3 Å². The van der Waals surface area contributed by atoms with E-state index < -0.39 is 11.9 Å². The first kappa shape index (κ1) is 11.3. The molecule has 0 fully saturated rings. The Kier molecular flexibility index (Phi) is 4.37. The van der Waals surface area contributed by atoms with Crippen molar-refractivity contribution in [3.63, 3.8) is 0 Å². The minimum absolute atomic E-state index is 0.360. The highest BCUT2D eigenvalue weighted by Gasteiger charge is 2.12. The molecule has 0 aliphatic carbocycles. The Bertz CT molecular complexity index is 360. The van der Waals surface area contributed by atoms with Crippen molar-refractivity contribution >= 4 is 18.8 Å². The lowest BCUT2D eigenvalue weighted by Crippen LogP contribution is -2.20. The molecule has 0 radical (unpaired) electrons. The van der Waals surface area contributed by atoms with Crippen molar-refractivity contribution in [2.75, 3.05) is 6.61 Å². The number of rotatable bonds is 4. The molecule has 0 spiro atoms. The first-order chi connectivity index (χ1) is 7.27. The average Bonchev–Trinajstić information content (AvgIpc) is 2.31. The van der Waals surface area contributed by atoms with Crippen molar-refractivity contribution in [1.29, 1.82) is 0 Å². The quantitative estimate of drug-likeness (QED) is 0.733. The number of aliphatic hydroxyl groups excluding tert-OH is 1. The maximum absolute atomic E-state index is 11.1. The number of hydrogen-bond donors (Lipinski definition) is 1. The number of aliphatic imine (C=N–C) groups is 2. The zero-order valence-corrected chi connectivity index (χ0v) is 8.21. The van der Waals surface area contributed by atoms with Crippen molar-refractivity contribution in [3.8, 4) is 0 Å². The molecule has 0 aliphatic rings. The molecular weight excluding hydrogens is 192 g/mol. The summed E-state index contributed by atoms with van der Waals surface area (Å²) in [7, 11) is 0. The van der Waals surface area contributed by atoms with E-state index in [2.05, 4.69) is 16.7 Å². The monoisotopic (exact) mass is 204 g/mol. The van der Waals surface area contributed by atoms with Crippen LogP contribution in [-0.4, -0.2) is 36.6 Å². The van der Waals surface area contributed by atoms with Gasteiger partial charge in [-0.15, -0.1) is 0 Å². The maximum Gasteiger partial charge on any atom is 0.272 e. The van der Waals surface area contributed by atoms with Crippen molar-refractivity contribution in [2.24, 2.45) is 9.98 Å². The van der Waals surface area contributed by atoms with Gasteiger partial charge in [-0.1, -0.05) is 30.3 Å². The second-order valence-corrected chi connectivity index (χ2v) is 2.88. The highest BCUT2D eigenvalue weighted by atomic mass is 16.3. The van der Waals surface area contributed by atoms with E-state index in [0.29, 0.717) is 0 Å². The molecule has 0 bridgehead atoms. The third-order valence-electron chi connectivity index (χ3n) is 1.82. The van der Waals surface area contributed by atoms with Crippen LogP contribution in [0.25, 0.3) is 0 Å². The first-order valence-electron chi connectivity index (χ1n) is 4.47. The molecular formula is C11H12N2O2. The third kappa shape index (κ3) is 3.44. The van der Waals surface area contributed by atoms with Crippen molar-refractivity contribution < 1.29 is 9.90 Å². The van der Waals surface area contributed by atoms with Gasteiger partial charge in [0.25, 0.3) is 5.91 Å². The van der Waals surface area contributed by atoms with Crippen LogP contribution in [0.1, 0.15) is 5.56 Å². The van der Waals surface area contributed by atoms with E-state index in [1.54, 1.807) is 0 Å². The molecule has 0 aromatic heterocycles. The van der Waals surface area contributed by atoms with Gasteiger partial charge in [-0.05, 0) is 12.3 Å². The second-order valence-electron chi connectivity index (χ2n) is 2.88. The van der Waals surface area contributed by atoms with Crippen molar-refractivity contribution in [2.45, 2.75) is 6.04 Å². The zero-order chi connectivity index (χ0) is 11.1. The highest BCUT2D eigenvalue weighted by Crippen LogP contribution is 1.97. The Hall–Kier alpha value is -1.81. The predicted octanol–water partition coefficient (Wildman–Crippen LogP) is 0.694. The van der Waals surface area contributed by atoms with E-state index in [1.165, 1.54) is 6.21 Å². The number of benzene rings is 1. The predicted molar refractivity (Wildman–Crippen MR) is 59.5 cm³/mol. The van der Waals surface area contributed by atoms with Gasteiger partial charge in [0.2, 0.25) is 0 Å². The molecule has 1 N–H and O–H groups in total. The fourth-order valence-electron chi connectivity index (χ4n) is 1.01. The number of carbonyl (C=O) groups is 1. The number of carbonyl (C=O) groups excluding carboxylic acids is 1. The Morgan fingerprint density at radius 1 is 1.47 bits per heavy atom. The maximum atomic E-state index is 11.1. The molecule has 15 heavy (non-hydrogen) atoms. The molecule has 1 rings (SSSR count). The molecule has 1 amide bonds. The molecule has 1 aromatic carbocycles. The van der Waals surface area contributed by atoms with Crippen LogP contribution in [0.4, 0.5) is 0 Å². The summed E-state index contributed by atoms with van der Waals surface area (Å²) in [4.78, 5) is 18.2. The molecule has 1 atom stereocenters. The lowest BCUT2D eigenvalue weighted by molar-refractivity contribution is -0.119. The van der Waals surface area contributed by atoms with Crippen LogP contribution in [0, 0.1) is 0 Å². The largest absolute Gasteiger partial charge is 0.394 e. The van der Waals surface area contributed by atoms with Crippen molar-refractivity contribution in [3.05, 3.63) is 35.9 Å². The SMILES string of the molecule is C=NC(=O)C(CO)N=Cc1ccccc1. The summed E-state index contributed by atoms with van der Waals surface area (Å²) < 4.78 is 0. The molecule has 4 nitrogen and oxygen atoms in total. The first-order valence-corrected chi connectivity index (χ1v) is 4.47. The summed E-state index contributed by atoms with van der Waals surface area (Å²) in [6.45, 7) is 2.74. The summed E-state index contributed by atoms with van der Waals surface area (Å²) in [5, 5.41) is 8.88. The lowest BCUT2D eigenvalue weighted by atomic mass is 10.2. The molecule has 0 saturated heterocycles. The van der Waals surface area contributed by atoms with Gasteiger partial charge in [-0.3, -0.25) is 9.79 Å². The molecule has 78 valence electrons. The molecule has 4 heteroatoms. The highest BCUT2D eigenvalue weighted by molar-refractivity contribution is 5.89. The molecule has 0 aliphatic heterocycles. The molecule has 1 aromatic rings. The van der Waals surface area contributed by atoms with Crippen LogP contribution in [-0.2, 0) is 4.79 Å². The zero-order valence-electron chi connectivity index (χ0n) is 8.21. The minimum atomic E-state index is -0.845. The van der Waals surface area contributed by atoms with E-state index in [-0.39, 0.29) is 6.61 Å². The number of hydrogen-bond acceptors (Lipinski definition) is 3. The second kappa shape index (κ2) is 5.82. The van der Waals surface area contributed by atoms with Gasteiger partial charge < -0.3 is 5.11 Å². The van der Waals surface area contributed by atoms with Gasteiger partial charge in [0.1, 0.15) is 0 Å². The lowest BCUT2D eigenvalue weighted by Gasteiger charge is -2.02.